The third kappa shape index (κ3) is 9.71. The summed E-state index contributed by atoms with van der Waals surface area (Å²) in [5.41, 5.74) is 0. The van der Waals surface area contributed by atoms with Gasteiger partial charge < -0.3 is 30.7 Å². The summed E-state index contributed by atoms with van der Waals surface area (Å²) < 4.78 is 11.2. The van der Waals surface area contributed by atoms with Crippen molar-refractivity contribution in [2.45, 2.75) is 43.0 Å². The van der Waals surface area contributed by atoms with E-state index in [1.165, 1.54) is 0 Å². The number of nitrogens with one attached hydrogen (secondary N) is 4. The molecule has 4 amide bonds. The number of hydrogen-bond acceptors (Lipinski definition) is 6. The van der Waals surface area contributed by atoms with E-state index in [1.807, 2.05) is 34.4 Å². The maximum atomic E-state index is 11.9. The van der Waals surface area contributed by atoms with Crippen LogP contribution >= 0.6 is 34.4 Å². The van der Waals surface area contributed by atoms with Crippen molar-refractivity contribution < 1.29 is 23.9 Å². The summed E-state index contributed by atoms with van der Waals surface area (Å²) in [6, 6.07) is 0.434. The smallest absolute Gasteiger partial charge is 0.315 e. The number of thioether (sulfide) groups is 1. The predicted octanol–water partition coefficient (Wildman–Crippen LogP) is 0.413. The predicted molar refractivity (Wildman–Crippen MR) is 121 cm³/mol. The highest BCUT2D eigenvalue weighted by Gasteiger charge is 2.42. The fraction of sp³-hybridized carbons (Fsp3) is 0.833. The first-order chi connectivity index (χ1) is 14.1. The number of amides is 4. The Bertz CT molecular complexity index is 542. The van der Waals surface area contributed by atoms with E-state index >= 15 is 0 Å². The van der Waals surface area contributed by atoms with Crippen molar-refractivity contribution in [3.8, 4) is 0 Å². The third-order valence-electron chi connectivity index (χ3n) is 4.71. The van der Waals surface area contributed by atoms with E-state index in [4.69, 9.17) is 9.47 Å². The number of hydrogen-bond donors (Lipinski definition) is 4. The standard InChI is InChI=1S/C18H31IN4O5S/c19-11-16(25)21-6-8-28-10-9-27-7-5-20-15(24)4-2-1-3-14-17-13(12-29-14)22-18(26)23-17/h13-14,17H,1-12H2,(H,20,24)(H,21,25)(H2,22,23,26)/t13-,14?,17-/m0/s1. The maximum absolute atomic E-state index is 11.9. The Morgan fingerprint density at radius 3 is 2.41 bits per heavy atom. The lowest BCUT2D eigenvalue weighted by molar-refractivity contribution is -0.121. The van der Waals surface area contributed by atoms with Crippen molar-refractivity contribution in [3.63, 3.8) is 0 Å². The van der Waals surface area contributed by atoms with E-state index in [0.717, 1.165) is 25.0 Å². The van der Waals surface area contributed by atoms with Gasteiger partial charge >= 0.3 is 6.03 Å². The number of rotatable bonds is 15. The van der Waals surface area contributed by atoms with E-state index in [-0.39, 0.29) is 29.9 Å². The van der Waals surface area contributed by atoms with Gasteiger partial charge in [-0.05, 0) is 12.8 Å². The number of carbonyl (C=O) groups is 3. The van der Waals surface area contributed by atoms with Crippen molar-refractivity contribution >= 4 is 52.2 Å². The summed E-state index contributed by atoms with van der Waals surface area (Å²) in [5.74, 6) is 1.02. The van der Waals surface area contributed by atoms with E-state index in [9.17, 15) is 14.4 Å². The molecular weight excluding hydrogens is 511 g/mol. The Morgan fingerprint density at radius 2 is 1.72 bits per heavy atom. The third-order valence-corrected chi connectivity index (χ3v) is 6.91. The number of carbonyl (C=O) groups excluding carboxylic acids is 3. The number of ether oxygens (including phenoxy) is 2. The van der Waals surface area contributed by atoms with Crippen LogP contribution in [0.15, 0.2) is 0 Å². The number of urea groups is 1. The molecule has 0 aromatic heterocycles. The molecule has 2 rings (SSSR count). The lowest BCUT2D eigenvalue weighted by Crippen LogP contribution is -2.36. The molecule has 2 aliphatic heterocycles. The van der Waals surface area contributed by atoms with Crippen molar-refractivity contribution in [2.24, 2.45) is 0 Å². The van der Waals surface area contributed by atoms with Crippen LogP contribution in [-0.2, 0) is 19.1 Å². The second-order valence-electron chi connectivity index (χ2n) is 6.93. The molecule has 29 heavy (non-hydrogen) atoms. The van der Waals surface area contributed by atoms with Crippen molar-refractivity contribution in [1.29, 1.82) is 0 Å². The minimum absolute atomic E-state index is 0.00636. The Kier molecular flexibility index (Phi) is 12.0. The van der Waals surface area contributed by atoms with E-state index in [0.29, 0.717) is 55.6 Å². The van der Waals surface area contributed by atoms with E-state index in [2.05, 4.69) is 21.3 Å². The molecule has 2 fully saturated rings. The lowest BCUT2D eigenvalue weighted by atomic mass is 10.0. The Morgan fingerprint density at radius 1 is 1.03 bits per heavy atom. The van der Waals surface area contributed by atoms with E-state index in [1.54, 1.807) is 0 Å². The fourth-order valence-corrected chi connectivity index (χ4v) is 5.07. The number of unbranched alkanes of at least 4 members (excludes halogenated alkanes) is 1. The van der Waals surface area contributed by atoms with Crippen LogP contribution in [0, 0.1) is 0 Å². The van der Waals surface area contributed by atoms with Gasteiger partial charge in [-0.3, -0.25) is 9.59 Å². The van der Waals surface area contributed by atoms with Gasteiger partial charge in [0.25, 0.3) is 0 Å². The van der Waals surface area contributed by atoms with Crippen LogP contribution in [0.1, 0.15) is 25.7 Å². The van der Waals surface area contributed by atoms with Crippen molar-refractivity contribution in [3.05, 3.63) is 0 Å². The monoisotopic (exact) mass is 542 g/mol. The first-order valence-electron chi connectivity index (χ1n) is 10.0. The maximum Gasteiger partial charge on any atom is 0.315 e. The number of fused-ring (bicyclic) bond motifs is 1. The van der Waals surface area contributed by atoms with Crippen LogP contribution in [-0.4, -0.2) is 84.9 Å². The minimum Gasteiger partial charge on any atom is -0.377 e. The van der Waals surface area contributed by atoms with Crippen LogP contribution in [0.5, 0.6) is 0 Å². The second-order valence-corrected chi connectivity index (χ2v) is 8.96. The van der Waals surface area contributed by atoms with Gasteiger partial charge in [0, 0.05) is 30.5 Å². The molecule has 0 saturated carbocycles. The molecule has 0 spiro atoms. The zero-order valence-corrected chi connectivity index (χ0v) is 19.5. The van der Waals surface area contributed by atoms with Crippen LogP contribution in [0.2, 0.25) is 0 Å². The summed E-state index contributed by atoms with van der Waals surface area (Å²) in [7, 11) is 0. The van der Waals surface area contributed by atoms with Crippen molar-refractivity contribution in [1.82, 2.24) is 21.3 Å². The van der Waals surface area contributed by atoms with Gasteiger partial charge in [-0.25, -0.2) is 4.79 Å². The molecule has 2 heterocycles. The summed E-state index contributed by atoms with van der Waals surface area (Å²) in [6.45, 7) is 2.84. The van der Waals surface area contributed by atoms with Gasteiger partial charge in [0.05, 0.1) is 42.9 Å². The Hall–Kier alpha value is -0.790. The number of alkyl halides is 1. The molecule has 4 N–H and O–H groups in total. The number of halogens is 1. The highest BCUT2D eigenvalue weighted by atomic mass is 127. The zero-order valence-electron chi connectivity index (χ0n) is 16.5. The molecule has 0 aromatic carbocycles. The average molecular weight is 542 g/mol. The van der Waals surface area contributed by atoms with E-state index < -0.39 is 0 Å². The molecule has 0 aliphatic carbocycles. The van der Waals surface area contributed by atoms with Crippen LogP contribution in [0.3, 0.4) is 0 Å². The largest absolute Gasteiger partial charge is 0.377 e. The summed E-state index contributed by atoms with van der Waals surface area (Å²) >= 11 is 3.91. The Balaban J connectivity index is 1.35. The SMILES string of the molecule is O=C(CI)NCCOCCOCCNC(=O)CCCCC1SC[C@@H]2NC(=O)N[C@H]12. The van der Waals surface area contributed by atoms with Gasteiger partial charge in [0.2, 0.25) is 11.8 Å². The summed E-state index contributed by atoms with van der Waals surface area (Å²) in [5, 5.41) is 12.0. The summed E-state index contributed by atoms with van der Waals surface area (Å²) in [6.07, 6.45) is 3.37. The molecule has 11 heteroatoms. The van der Waals surface area contributed by atoms with Gasteiger partial charge in [0.1, 0.15) is 0 Å². The Labute approximate surface area is 189 Å². The molecular formula is C18H31IN4O5S. The normalized spacial score (nSPS) is 22.7. The molecule has 166 valence electrons. The van der Waals surface area contributed by atoms with Gasteiger partial charge in [-0.2, -0.15) is 11.8 Å². The molecule has 3 atom stereocenters. The molecule has 1 unspecified atom stereocenters. The van der Waals surface area contributed by atoms with Crippen LogP contribution < -0.4 is 21.3 Å². The molecule has 2 aliphatic rings. The summed E-state index contributed by atoms with van der Waals surface area (Å²) in [4.78, 5) is 34.2. The van der Waals surface area contributed by atoms with Gasteiger partial charge in [-0.15, -0.1) is 0 Å². The highest BCUT2D eigenvalue weighted by Crippen LogP contribution is 2.33. The van der Waals surface area contributed by atoms with Crippen LogP contribution in [0.25, 0.3) is 0 Å². The topological polar surface area (TPSA) is 118 Å². The average Bonchev–Trinajstić information content (AvgIpc) is 3.25. The molecule has 0 bridgehead atoms. The first-order valence-corrected chi connectivity index (χ1v) is 12.6. The minimum atomic E-state index is -0.0568. The van der Waals surface area contributed by atoms with Gasteiger partial charge in [0.15, 0.2) is 0 Å². The van der Waals surface area contributed by atoms with Gasteiger partial charge in [-0.1, -0.05) is 29.0 Å². The molecule has 9 nitrogen and oxygen atoms in total. The molecule has 0 aromatic rings. The first kappa shape index (κ1) is 24.5. The highest BCUT2D eigenvalue weighted by molar-refractivity contribution is 14.1. The van der Waals surface area contributed by atoms with Crippen LogP contribution in [0.4, 0.5) is 4.79 Å². The zero-order chi connectivity index (χ0) is 20.9. The quantitative estimate of drug-likeness (QED) is 0.103. The fourth-order valence-electron chi connectivity index (χ4n) is 3.26. The molecule has 2 saturated heterocycles. The second kappa shape index (κ2) is 14.3. The van der Waals surface area contributed by atoms with Crippen molar-refractivity contribution in [2.75, 3.05) is 49.7 Å². The molecule has 0 radical (unpaired) electrons. The lowest BCUT2D eigenvalue weighted by Gasteiger charge is -2.16.